The van der Waals surface area contributed by atoms with Crippen LogP contribution in [0.15, 0.2) is 6.07 Å². The number of benzene rings is 1. The number of carbonyl (C=O) groups is 1. The van der Waals surface area contributed by atoms with Gasteiger partial charge in [0, 0.05) is 24.5 Å². The fraction of sp³-hybridized carbons (Fsp3) is 0.500. The summed E-state index contributed by atoms with van der Waals surface area (Å²) in [6.45, 7) is 0.471. The third kappa shape index (κ3) is 2.01. The van der Waals surface area contributed by atoms with E-state index in [2.05, 4.69) is 0 Å². The van der Waals surface area contributed by atoms with Crippen LogP contribution in [0.2, 0.25) is 0 Å². The van der Waals surface area contributed by atoms with Crippen molar-refractivity contribution in [2.45, 2.75) is 38.0 Å². The number of carboxylic acid groups (broad SMARTS) is 1. The SMILES string of the molecule is O=C(O)CCC1CCc2cc([N+](=O)[O-])c3c(c21)CCO3. The molecule has 1 N–H and O–H groups in total. The summed E-state index contributed by atoms with van der Waals surface area (Å²) in [5.74, 6) is -0.207. The Morgan fingerprint density at radius 1 is 1.50 bits per heavy atom. The molecule has 1 heterocycles. The van der Waals surface area contributed by atoms with Gasteiger partial charge in [-0.1, -0.05) is 0 Å². The topological polar surface area (TPSA) is 89.7 Å². The molecule has 1 aromatic rings. The highest BCUT2D eigenvalue weighted by atomic mass is 16.6. The number of hydrogen-bond donors (Lipinski definition) is 1. The number of carboxylic acids is 1. The molecule has 106 valence electrons. The summed E-state index contributed by atoms with van der Waals surface area (Å²) < 4.78 is 5.43. The maximum absolute atomic E-state index is 11.1. The minimum Gasteiger partial charge on any atom is -0.486 e. The van der Waals surface area contributed by atoms with Gasteiger partial charge in [0.1, 0.15) is 0 Å². The molecule has 1 aliphatic heterocycles. The van der Waals surface area contributed by atoms with Crippen LogP contribution in [-0.4, -0.2) is 22.6 Å². The summed E-state index contributed by atoms with van der Waals surface area (Å²) in [6, 6.07) is 1.61. The lowest BCUT2D eigenvalue weighted by Crippen LogP contribution is -2.03. The van der Waals surface area contributed by atoms with E-state index < -0.39 is 10.9 Å². The van der Waals surface area contributed by atoms with Gasteiger partial charge in [-0.05, 0) is 36.3 Å². The van der Waals surface area contributed by atoms with Crippen LogP contribution in [0.3, 0.4) is 0 Å². The Morgan fingerprint density at radius 2 is 2.30 bits per heavy atom. The minimum atomic E-state index is -0.798. The average molecular weight is 277 g/mol. The van der Waals surface area contributed by atoms with Gasteiger partial charge in [-0.2, -0.15) is 0 Å². The van der Waals surface area contributed by atoms with Crippen LogP contribution in [0.5, 0.6) is 5.75 Å². The third-order valence-corrected chi connectivity index (χ3v) is 4.16. The molecular weight excluding hydrogens is 262 g/mol. The van der Waals surface area contributed by atoms with E-state index in [1.807, 2.05) is 0 Å². The normalized spacial score (nSPS) is 19.3. The lowest BCUT2D eigenvalue weighted by Gasteiger charge is -2.14. The summed E-state index contributed by atoms with van der Waals surface area (Å²) in [4.78, 5) is 21.4. The number of hydrogen-bond acceptors (Lipinski definition) is 4. The highest BCUT2D eigenvalue weighted by Crippen LogP contribution is 2.47. The lowest BCUT2D eigenvalue weighted by atomic mass is 9.90. The van der Waals surface area contributed by atoms with Crippen molar-refractivity contribution in [1.29, 1.82) is 0 Å². The fourth-order valence-electron chi connectivity index (χ4n) is 3.35. The predicted molar refractivity (Wildman–Crippen MR) is 70.2 cm³/mol. The zero-order valence-corrected chi connectivity index (χ0v) is 10.9. The van der Waals surface area contributed by atoms with Crippen LogP contribution in [0, 0.1) is 10.1 Å². The summed E-state index contributed by atoms with van der Waals surface area (Å²) in [6.07, 6.45) is 3.07. The van der Waals surface area contributed by atoms with E-state index in [9.17, 15) is 14.9 Å². The number of aliphatic carboxylic acids is 1. The molecule has 2 aliphatic rings. The Balaban J connectivity index is 2.01. The summed E-state index contributed by atoms with van der Waals surface area (Å²) in [7, 11) is 0. The quantitative estimate of drug-likeness (QED) is 0.674. The van der Waals surface area contributed by atoms with Crippen molar-refractivity contribution in [1.82, 2.24) is 0 Å². The van der Waals surface area contributed by atoms with Crippen molar-refractivity contribution in [2.24, 2.45) is 0 Å². The van der Waals surface area contributed by atoms with Gasteiger partial charge in [-0.25, -0.2) is 0 Å². The van der Waals surface area contributed by atoms with Crippen LogP contribution in [0.4, 0.5) is 5.69 Å². The Labute approximate surface area is 115 Å². The van der Waals surface area contributed by atoms with E-state index in [4.69, 9.17) is 9.84 Å². The maximum Gasteiger partial charge on any atom is 0.311 e. The molecule has 20 heavy (non-hydrogen) atoms. The fourth-order valence-corrected chi connectivity index (χ4v) is 3.35. The molecule has 6 heteroatoms. The Morgan fingerprint density at radius 3 is 3.00 bits per heavy atom. The van der Waals surface area contributed by atoms with Crippen LogP contribution < -0.4 is 4.74 Å². The van der Waals surface area contributed by atoms with Gasteiger partial charge in [0.05, 0.1) is 11.5 Å². The third-order valence-electron chi connectivity index (χ3n) is 4.16. The number of nitro groups is 1. The molecule has 1 atom stereocenters. The Hall–Kier alpha value is -2.11. The van der Waals surface area contributed by atoms with Crippen LogP contribution >= 0.6 is 0 Å². The van der Waals surface area contributed by atoms with Crippen LogP contribution in [0.1, 0.15) is 41.9 Å². The summed E-state index contributed by atoms with van der Waals surface area (Å²) in [5, 5.41) is 19.9. The largest absolute Gasteiger partial charge is 0.486 e. The molecule has 0 radical (unpaired) electrons. The molecule has 0 fully saturated rings. The summed E-state index contributed by atoms with van der Waals surface area (Å²) in [5.41, 5.74) is 3.10. The molecule has 0 spiro atoms. The van der Waals surface area contributed by atoms with E-state index in [0.29, 0.717) is 25.2 Å². The molecule has 0 amide bonds. The van der Waals surface area contributed by atoms with Gasteiger partial charge < -0.3 is 9.84 Å². The molecule has 0 aromatic heterocycles. The Kier molecular flexibility index (Phi) is 3.08. The molecule has 0 saturated carbocycles. The van der Waals surface area contributed by atoms with E-state index >= 15 is 0 Å². The maximum atomic E-state index is 11.1. The monoisotopic (exact) mass is 277 g/mol. The van der Waals surface area contributed by atoms with Gasteiger partial charge in [0.25, 0.3) is 0 Å². The second-order valence-corrected chi connectivity index (χ2v) is 5.30. The van der Waals surface area contributed by atoms with E-state index in [0.717, 1.165) is 29.5 Å². The smallest absolute Gasteiger partial charge is 0.311 e. The van der Waals surface area contributed by atoms with Crippen molar-refractivity contribution < 1.29 is 19.6 Å². The van der Waals surface area contributed by atoms with Gasteiger partial charge in [0.2, 0.25) is 5.75 Å². The van der Waals surface area contributed by atoms with Gasteiger partial charge >= 0.3 is 11.7 Å². The highest BCUT2D eigenvalue weighted by Gasteiger charge is 2.35. The molecule has 0 bridgehead atoms. The first-order valence-corrected chi connectivity index (χ1v) is 6.75. The Bertz CT molecular complexity index is 596. The summed E-state index contributed by atoms with van der Waals surface area (Å²) >= 11 is 0. The number of nitrogens with zero attached hydrogens (tertiary/aromatic N) is 1. The van der Waals surface area contributed by atoms with E-state index in [-0.39, 0.29) is 18.0 Å². The second-order valence-electron chi connectivity index (χ2n) is 5.30. The van der Waals surface area contributed by atoms with Crippen molar-refractivity contribution in [3.63, 3.8) is 0 Å². The lowest BCUT2D eigenvalue weighted by molar-refractivity contribution is -0.385. The first-order valence-electron chi connectivity index (χ1n) is 6.75. The first kappa shape index (κ1) is 12.9. The number of ether oxygens (including phenoxy) is 1. The molecule has 0 saturated heterocycles. The number of nitro benzene ring substituents is 1. The predicted octanol–water partition coefficient (Wildman–Crippen LogP) is 2.42. The first-order chi connectivity index (χ1) is 9.58. The van der Waals surface area contributed by atoms with Crippen molar-refractivity contribution in [3.05, 3.63) is 32.9 Å². The number of rotatable bonds is 4. The molecule has 6 nitrogen and oxygen atoms in total. The van der Waals surface area contributed by atoms with Gasteiger partial charge in [0.15, 0.2) is 0 Å². The average Bonchev–Trinajstić information content (AvgIpc) is 3.01. The standard InChI is InChI=1S/C14H15NO5/c16-12(17)4-3-8-1-2-9-7-11(15(18)19)14-10(13(8)9)5-6-20-14/h7-8H,1-6H2,(H,16,17). The molecule has 1 aromatic carbocycles. The van der Waals surface area contributed by atoms with Crippen LogP contribution in [-0.2, 0) is 17.6 Å². The second kappa shape index (κ2) is 4.77. The highest BCUT2D eigenvalue weighted by molar-refractivity contribution is 5.67. The zero-order chi connectivity index (χ0) is 14.3. The van der Waals surface area contributed by atoms with E-state index in [1.54, 1.807) is 6.07 Å². The zero-order valence-electron chi connectivity index (χ0n) is 10.9. The molecule has 1 aliphatic carbocycles. The minimum absolute atomic E-state index is 0.0511. The molecule has 1 unspecified atom stereocenters. The molecular formula is C14H15NO5. The number of aryl methyl sites for hydroxylation is 1. The van der Waals surface area contributed by atoms with Crippen molar-refractivity contribution >= 4 is 11.7 Å². The van der Waals surface area contributed by atoms with Gasteiger partial charge in [-0.3, -0.25) is 14.9 Å². The molecule has 3 rings (SSSR count). The van der Waals surface area contributed by atoms with Crippen LogP contribution in [0.25, 0.3) is 0 Å². The van der Waals surface area contributed by atoms with Crippen molar-refractivity contribution in [2.75, 3.05) is 6.61 Å². The van der Waals surface area contributed by atoms with Gasteiger partial charge in [-0.15, -0.1) is 0 Å². The van der Waals surface area contributed by atoms with E-state index in [1.165, 1.54) is 0 Å². The van der Waals surface area contributed by atoms with Crippen molar-refractivity contribution in [3.8, 4) is 5.75 Å². The number of fused-ring (bicyclic) bond motifs is 3.